The third-order valence-corrected chi connectivity index (χ3v) is 14.9. The van der Waals surface area contributed by atoms with Gasteiger partial charge in [-0.1, -0.05) is 60.1 Å². The van der Waals surface area contributed by atoms with Crippen LogP contribution >= 0.6 is 0 Å². The third-order valence-electron chi connectivity index (χ3n) is 14.9. The highest BCUT2D eigenvalue weighted by atomic mass is 16.7. The van der Waals surface area contributed by atoms with Gasteiger partial charge in [0.1, 0.15) is 18.3 Å². The number of esters is 1. The van der Waals surface area contributed by atoms with Crippen LogP contribution in [0.4, 0.5) is 0 Å². The Hall–Kier alpha value is -1.07. The van der Waals surface area contributed by atoms with Crippen LogP contribution < -0.4 is 0 Å². The first-order valence-corrected chi connectivity index (χ1v) is 16.9. The zero-order valence-corrected chi connectivity index (χ0v) is 27.6. The minimum Gasteiger partial charge on any atom is -0.432 e. The Bertz CT molecular complexity index is 1200. The largest absolute Gasteiger partial charge is 0.432 e. The lowest BCUT2D eigenvalue weighted by molar-refractivity contribution is -0.272. The SMILES string of the molecule is CC1(C)CCC2(C(=O)OC3OCC(O)C(O)C3O)CCC3(C)C(=CCC4C5(C)CC(O)C(O)C(C)(C)C5CCC43C)C2C1O. The van der Waals surface area contributed by atoms with Crippen LogP contribution in [0.3, 0.4) is 0 Å². The first kappa shape index (κ1) is 32.9. The van der Waals surface area contributed by atoms with E-state index in [4.69, 9.17) is 9.47 Å². The number of hydrogen-bond donors (Lipinski definition) is 6. The lowest BCUT2D eigenvalue weighted by atomic mass is 9.33. The Labute approximate surface area is 262 Å². The Morgan fingerprint density at radius 2 is 1.48 bits per heavy atom. The normalized spacial score (nSPS) is 54.5. The van der Waals surface area contributed by atoms with Crippen molar-refractivity contribution in [3.05, 3.63) is 11.6 Å². The molecular weight excluding hydrogens is 564 g/mol. The summed E-state index contributed by atoms with van der Waals surface area (Å²) in [6.45, 7) is 15.1. The van der Waals surface area contributed by atoms with Crippen LogP contribution in [0.5, 0.6) is 0 Å². The molecule has 250 valence electrons. The summed E-state index contributed by atoms with van der Waals surface area (Å²) in [6, 6.07) is 0. The number of ether oxygens (including phenoxy) is 2. The second kappa shape index (κ2) is 10.2. The summed E-state index contributed by atoms with van der Waals surface area (Å²) in [5, 5.41) is 64.9. The molecule has 6 aliphatic rings. The number of aliphatic hydroxyl groups excluding tert-OH is 6. The minimum absolute atomic E-state index is 0.152. The number of hydrogen-bond acceptors (Lipinski definition) is 9. The molecule has 14 atom stereocenters. The summed E-state index contributed by atoms with van der Waals surface area (Å²) in [5.74, 6) is -0.484. The zero-order chi connectivity index (χ0) is 32.4. The van der Waals surface area contributed by atoms with Crippen LogP contribution in [-0.2, 0) is 14.3 Å². The summed E-state index contributed by atoms with van der Waals surface area (Å²) in [4.78, 5) is 14.3. The molecule has 1 heterocycles. The smallest absolute Gasteiger partial charge is 0.315 e. The molecule has 0 spiro atoms. The maximum atomic E-state index is 14.3. The van der Waals surface area contributed by atoms with E-state index < -0.39 is 71.0 Å². The Balaban J connectivity index is 1.39. The molecule has 14 unspecified atom stereocenters. The third kappa shape index (κ3) is 4.18. The summed E-state index contributed by atoms with van der Waals surface area (Å²) in [7, 11) is 0. The average molecular weight is 621 g/mol. The molecule has 9 nitrogen and oxygen atoms in total. The number of allylic oxidation sites excluding steroid dienone is 1. The second-order valence-corrected chi connectivity index (χ2v) is 17.6. The van der Waals surface area contributed by atoms with Crippen LogP contribution in [0, 0.1) is 50.2 Å². The van der Waals surface area contributed by atoms with Crippen molar-refractivity contribution in [1.82, 2.24) is 0 Å². The van der Waals surface area contributed by atoms with Crippen molar-refractivity contribution in [1.29, 1.82) is 0 Å². The van der Waals surface area contributed by atoms with Gasteiger partial charge in [-0.2, -0.15) is 0 Å². The summed E-state index contributed by atoms with van der Waals surface area (Å²) in [6.07, 6.45) is -0.114. The molecule has 0 radical (unpaired) electrons. The number of carbonyl (C=O) groups is 1. The predicted octanol–water partition coefficient (Wildman–Crippen LogP) is 3.07. The minimum atomic E-state index is -1.57. The molecule has 0 amide bonds. The van der Waals surface area contributed by atoms with Crippen LogP contribution in [0.25, 0.3) is 0 Å². The van der Waals surface area contributed by atoms with Crippen LogP contribution in [0.1, 0.15) is 99.8 Å². The van der Waals surface area contributed by atoms with E-state index in [1.165, 1.54) is 0 Å². The van der Waals surface area contributed by atoms with Crippen LogP contribution in [0.15, 0.2) is 11.6 Å². The van der Waals surface area contributed by atoms with Gasteiger partial charge in [-0.15, -0.1) is 0 Å². The molecule has 1 saturated heterocycles. The average Bonchev–Trinajstić information content (AvgIpc) is 2.94. The van der Waals surface area contributed by atoms with Gasteiger partial charge in [-0.3, -0.25) is 4.79 Å². The van der Waals surface area contributed by atoms with Gasteiger partial charge in [0.25, 0.3) is 0 Å². The lowest BCUT2D eigenvalue weighted by Gasteiger charge is -2.71. The maximum absolute atomic E-state index is 14.3. The Kier molecular flexibility index (Phi) is 7.63. The molecular formula is C35H56O9. The molecule has 0 aromatic rings. The summed E-state index contributed by atoms with van der Waals surface area (Å²) >= 11 is 0. The summed E-state index contributed by atoms with van der Waals surface area (Å²) in [5.41, 5.74) is -1.37. The first-order valence-electron chi connectivity index (χ1n) is 16.9. The standard InChI is InChI=1S/C35H56O9/c1-30(2)12-14-35(29(42)44-28-25(39)24(38)20(37)17-43-28)15-13-33(6)18(23(35)27(30)41)8-9-22-32(5)16-19(36)26(40)31(3,4)21(32)10-11-34(22,33)7/h8,19-28,36-41H,9-17H2,1-7H3. The predicted molar refractivity (Wildman–Crippen MR) is 162 cm³/mol. The molecule has 44 heavy (non-hydrogen) atoms. The van der Waals surface area contributed by atoms with Crippen molar-refractivity contribution in [2.75, 3.05) is 6.61 Å². The quantitative estimate of drug-likeness (QED) is 0.202. The highest BCUT2D eigenvalue weighted by Gasteiger charge is 2.71. The lowest BCUT2D eigenvalue weighted by Crippen LogP contribution is -2.68. The molecule has 0 aromatic heterocycles. The first-order chi connectivity index (χ1) is 20.3. The molecule has 5 aliphatic carbocycles. The molecule has 9 heteroatoms. The van der Waals surface area contributed by atoms with E-state index in [-0.39, 0.29) is 34.7 Å². The number of fused-ring (bicyclic) bond motifs is 7. The molecule has 5 fully saturated rings. The Morgan fingerprint density at radius 3 is 2.16 bits per heavy atom. The van der Waals surface area contributed by atoms with Gasteiger partial charge in [0.15, 0.2) is 0 Å². The van der Waals surface area contributed by atoms with Gasteiger partial charge in [0.05, 0.1) is 30.3 Å². The highest BCUT2D eigenvalue weighted by Crippen LogP contribution is 2.75. The molecule has 1 aliphatic heterocycles. The molecule has 0 aromatic carbocycles. The molecule has 6 N–H and O–H groups in total. The van der Waals surface area contributed by atoms with E-state index in [2.05, 4.69) is 54.5 Å². The van der Waals surface area contributed by atoms with Crippen molar-refractivity contribution in [3.63, 3.8) is 0 Å². The maximum Gasteiger partial charge on any atom is 0.315 e. The van der Waals surface area contributed by atoms with E-state index in [1.54, 1.807) is 0 Å². The molecule has 0 bridgehead atoms. The van der Waals surface area contributed by atoms with Gasteiger partial charge >= 0.3 is 5.97 Å². The van der Waals surface area contributed by atoms with Gasteiger partial charge < -0.3 is 40.1 Å². The van der Waals surface area contributed by atoms with Crippen molar-refractivity contribution in [3.8, 4) is 0 Å². The van der Waals surface area contributed by atoms with Crippen molar-refractivity contribution in [2.45, 2.75) is 143 Å². The number of aliphatic hydroxyl groups is 6. The van der Waals surface area contributed by atoms with Gasteiger partial charge in [-0.05, 0) is 90.3 Å². The number of carbonyl (C=O) groups excluding carboxylic acids is 1. The fourth-order valence-electron chi connectivity index (χ4n) is 11.8. The monoisotopic (exact) mass is 620 g/mol. The van der Waals surface area contributed by atoms with Gasteiger partial charge in [0, 0.05) is 5.92 Å². The van der Waals surface area contributed by atoms with Crippen molar-refractivity contribution < 1.29 is 44.9 Å². The van der Waals surface area contributed by atoms with Crippen molar-refractivity contribution >= 4 is 5.97 Å². The van der Waals surface area contributed by atoms with E-state index in [1.807, 2.05) is 0 Å². The van der Waals surface area contributed by atoms with Crippen LogP contribution in [0.2, 0.25) is 0 Å². The Morgan fingerprint density at radius 1 is 0.818 bits per heavy atom. The van der Waals surface area contributed by atoms with Gasteiger partial charge in [-0.25, -0.2) is 0 Å². The second-order valence-electron chi connectivity index (χ2n) is 17.6. The highest BCUT2D eigenvalue weighted by molar-refractivity contribution is 5.79. The van der Waals surface area contributed by atoms with Crippen molar-refractivity contribution in [2.24, 2.45) is 50.2 Å². The molecule has 4 saturated carbocycles. The van der Waals surface area contributed by atoms with E-state index in [0.29, 0.717) is 25.7 Å². The fraction of sp³-hybridized carbons (Fsp3) is 0.914. The summed E-state index contributed by atoms with van der Waals surface area (Å²) < 4.78 is 11.3. The van der Waals surface area contributed by atoms with E-state index >= 15 is 0 Å². The van der Waals surface area contributed by atoms with Crippen LogP contribution in [-0.4, -0.2) is 86.1 Å². The van der Waals surface area contributed by atoms with E-state index in [9.17, 15) is 35.4 Å². The molecule has 6 rings (SSSR count). The van der Waals surface area contributed by atoms with E-state index in [0.717, 1.165) is 31.3 Å². The van der Waals surface area contributed by atoms with Gasteiger partial charge in [0.2, 0.25) is 6.29 Å². The number of rotatable bonds is 2. The fourth-order valence-corrected chi connectivity index (χ4v) is 11.8. The zero-order valence-electron chi connectivity index (χ0n) is 27.6. The topological polar surface area (TPSA) is 157 Å².